The number of hydrogen-bond acceptors (Lipinski definition) is 7. The van der Waals surface area contributed by atoms with Crippen molar-refractivity contribution in [1.29, 1.82) is 0 Å². The van der Waals surface area contributed by atoms with Crippen LogP contribution >= 0.6 is 22.7 Å². The first kappa shape index (κ1) is 44.2. The second-order valence-electron chi connectivity index (χ2n) is 20.3. The van der Waals surface area contributed by atoms with Gasteiger partial charge in [-0.15, -0.1) is 22.7 Å². The first-order chi connectivity index (χ1) is 39.1. The van der Waals surface area contributed by atoms with Crippen molar-refractivity contribution >= 4 is 163 Å². The fourth-order valence-electron chi connectivity index (χ4n) is 12.2. The van der Waals surface area contributed by atoms with Crippen molar-refractivity contribution in [3.8, 4) is 22.3 Å². The monoisotopic (exact) mass is 1050 g/mol. The van der Waals surface area contributed by atoms with Gasteiger partial charge in [0.2, 0.25) is 0 Å². The molecular formula is C72H42N2O3S2. The molecule has 0 aliphatic rings. The summed E-state index contributed by atoms with van der Waals surface area (Å²) in [6.45, 7) is 0. The Bertz CT molecular complexity index is 4940. The average Bonchev–Trinajstić information content (AvgIpc) is 4.45. The van der Waals surface area contributed by atoms with Crippen LogP contribution in [0.3, 0.4) is 0 Å². The number of para-hydroxylation sites is 6. The highest BCUT2D eigenvalue weighted by molar-refractivity contribution is 7.26. The molecule has 5 heterocycles. The first-order valence-electron chi connectivity index (χ1n) is 26.5. The Hall–Kier alpha value is -9.92. The molecule has 0 unspecified atom stereocenters. The quantitative estimate of drug-likeness (QED) is 0.152. The van der Waals surface area contributed by atoms with E-state index in [1.54, 1.807) is 0 Å². The van der Waals surface area contributed by atoms with Crippen molar-refractivity contribution in [1.82, 2.24) is 0 Å². The Morgan fingerprint density at radius 3 is 1.05 bits per heavy atom. The lowest BCUT2D eigenvalue weighted by Crippen LogP contribution is -2.09. The molecule has 0 aliphatic carbocycles. The van der Waals surface area contributed by atoms with Crippen LogP contribution in [0.5, 0.6) is 0 Å². The van der Waals surface area contributed by atoms with Gasteiger partial charge >= 0.3 is 0 Å². The van der Waals surface area contributed by atoms with Crippen molar-refractivity contribution in [3.63, 3.8) is 0 Å². The van der Waals surface area contributed by atoms with Gasteiger partial charge in [-0.1, -0.05) is 170 Å². The fraction of sp³-hybridized carbons (Fsp3) is 0. The Kier molecular flexibility index (Phi) is 9.68. The lowest BCUT2D eigenvalue weighted by Gasteiger charge is -2.25. The molecule has 370 valence electrons. The maximum Gasteiger partial charge on any atom is 0.159 e. The number of hydrogen-bond donors (Lipinski definition) is 0. The van der Waals surface area contributed by atoms with Gasteiger partial charge in [0.15, 0.2) is 11.2 Å². The number of furan rings is 3. The standard InChI is InChI=1S/C72H42N2O3S2/c1-5-17-43(18-6-1)49-25-13-27-53-55-29-15-31-61(71(55)76-69(49)53)73(45-21-9-3-10-22-45)47-33-35-51-59-39-63-57(41-67(59)78-65(51)37-47)58-42-68-60(40-64(58)75-63)52-36-34-48(38-66(52)79-68)74(46-23-11-4-12-24-46)62-32-16-30-56-54-28-14-26-50(70(54)77-72(56)62)44-19-7-2-8-20-44/h1-42H. The minimum absolute atomic E-state index is 0.852. The zero-order chi connectivity index (χ0) is 51.7. The Morgan fingerprint density at radius 2 is 0.620 bits per heavy atom. The van der Waals surface area contributed by atoms with Gasteiger partial charge < -0.3 is 23.1 Å². The molecule has 0 saturated heterocycles. The van der Waals surface area contributed by atoms with Crippen molar-refractivity contribution < 1.29 is 13.3 Å². The van der Waals surface area contributed by atoms with Crippen LogP contribution in [0.2, 0.25) is 0 Å². The van der Waals surface area contributed by atoms with E-state index in [2.05, 4.69) is 265 Å². The van der Waals surface area contributed by atoms with E-state index < -0.39 is 0 Å². The van der Waals surface area contributed by atoms with Gasteiger partial charge in [0.25, 0.3) is 0 Å². The van der Waals surface area contributed by atoms with Crippen LogP contribution in [0, 0.1) is 0 Å². The fourth-order valence-corrected chi connectivity index (χ4v) is 14.6. The highest BCUT2D eigenvalue weighted by atomic mass is 32.1. The molecular weight excluding hydrogens is 1000 g/mol. The van der Waals surface area contributed by atoms with Crippen molar-refractivity contribution in [2.24, 2.45) is 0 Å². The topological polar surface area (TPSA) is 45.9 Å². The number of thiophene rings is 2. The summed E-state index contributed by atoms with van der Waals surface area (Å²) in [5, 5.41) is 11.4. The number of nitrogens with zero attached hydrogens (tertiary/aromatic N) is 2. The Balaban J connectivity index is 0.765. The molecule has 0 fully saturated rings. The summed E-state index contributed by atoms with van der Waals surface area (Å²) in [7, 11) is 0. The number of rotatable bonds is 8. The van der Waals surface area contributed by atoms with E-state index >= 15 is 0 Å². The van der Waals surface area contributed by atoms with Crippen LogP contribution in [-0.4, -0.2) is 0 Å². The van der Waals surface area contributed by atoms with E-state index in [0.717, 1.165) is 122 Å². The number of benzene rings is 12. The summed E-state index contributed by atoms with van der Waals surface area (Å²) < 4.78 is 25.6. The molecule has 0 spiro atoms. The van der Waals surface area contributed by atoms with Crippen molar-refractivity contribution in [2.45, 2.75) is 0 Å². The third-order valence-electron chi connectivity index (χ3n) is 15.8. The Morgan fingerprint density at radius 1 is 0.241 bits per heavy atom. The highest BCUT2D eigenvalue weighted by Crippen LogP contribution is 2.50. The number of fused-ring (bicyclic) bond motifs is 15. The minimum atomic E-state index is 0.852. The molecule has 7 heteroatoms. The van der Waals surface area contributed by atoms with E-state index in [1.807, 2.05) is 22.7 Å². The van der Waals surface area contributed by atoms with Crippen LogP contribution in [-0.2, 0) is 0 Å². The maximum atomic E-state index is 6.97. The molecule has 5 aromatic heterocycles. The van der Waals surface area contributed by atoms with E-state index in [0.29, 0.717) is 0 Å². The average molecular weight is 1050 g/mol. The van der Waals surface area contributed by atoms with Gasteiger partial charge in [0, 0.05) is 107 Å². The lowest BCUT2D eigenvalue weighted by molar-refractivity contribution is 0.669. The zero-order valence-corrected chi connectivity index (χ0v) is 43.8. The van der Waals surface area contributed by atoms with Crippen LogP contribution < -0.4 is 9.80 Å². The van der Waals surface area contributed by atoms with Gasteiger partial charge in [-0.2, -0.15) is 0 Å². The largest absolute Gasteiger partial charge is 0.456 e. The van der Waals surface area contributed by atoms with Crippen LogP contribution in [0.15, 0.2) is 268 Å². The molecule has 0 atom stereocenters. The second-order valence-corrected chi connectivity index (χ2v) is 22.5. The SMILES string of the molecule is c1ccc(-c2cccc3c2oc2c(N(c4ccccc4)c4ccc5c(c4)sc4cc6c(cc45)oc4cc5c(cc46)sc4cc(N(c6ccccc6)c6cccc7c6oc6c(-c8ccccc8)cccc67)ccc45)cccc23)cc1. The minimum Gasteiger partial charge on any atom is -0.456 e. The Labute approximate surface area is 460 Å². The van der Waals surface area contributed by atoms with Gasteiger partial charge in [0.05, 0.1) is 11.4 Å². The lowest BCUT2D eigenvalue weighted by atomic mass is 10.0. The van der Waals surface area contributed by atoms with Crippen LogP contribution in [0.4, 0.5) is 34.1 Å². The number of anilines is 6. The summed E-state index contributed by atoms with van der Waals surface area (Å²) in [4.78, 5) is 4.66. The predicted octanol–water partition coefficient (Wildman–Crippen LogP) is 22.4. The summed E-state index contributed by atoms with van der Waals surface area (Å²) >= 11 is 3.65. The third-order valence-corrected chi connectivity index (χ3v) is 18.1. The summed E-state index contributed by atoms with van der Waals surface area (Å²) in [5.74, 6) is 0. The molecule has 12 aromatic carbocycles. The molecule has 0 bridgehead atoms. The molecule has 0 amide bonds. The van der Waals surface area contributed by atoms with Gasteiger partial charge in [0.1, 0.15) is 22.3 Å². The first-order valence-corrected chi connectivity index (χ1v) is 28.2. The molecule has 0 N–H and O–H groups in total. The third kappa shape index (κ3) is 6.87. The van der Waals surface area contributed by atoms with E-state index in [1.165, 1.54) is 40.3 Å². The van der Waals surface area contributed by atoms with Gasteiger partial charge in [-0.25, -0.2) is 0 Å². The zero-order valence-electron chi connectivity index (χ0n) is 42.2. The van der Waals surface area contributed by atoms with Crippen LogP contribution in [0.25, 0.3) is 128 Å². The smallest absolute Gasteiger partial charge is 0.159 e. The van der Waals surface area contributed by atoms with E-state index in [9.17, 15) is 0 Å². The van der Waals surface area contributed by atoms with E-state index in [4.69, 9.17) is 13.3 Å². The summed E-state index contributed by atoms with van der Waals surface area (Å²) in [5.41, 5.74) is 15.9. The molecule has 5 nitrogen and oxygen atoms in total. The predicted molar refractivity (Wildman–Crippen MR) is 334 cm³/mol. The van der Waals surface area contributed by atoms with Gasteiger partial charge in [-0.05, 0) is 96.1 Å². The highest BCUT2D eigenvalue weighted by Gasteiger charge is 2.25. The molecule has 79 heavy (non-hydrogen) atoms. The summed E-state index contributed by atoms with van der Waals surface area (Å²) in [6.07, 6.45) is 0. The molecule has 0 radical (unpaired) electrons. The summed E-state index contributed by atoms with van der Waals surface area (Å²) in [6, 6.07) is 90.9. The molecule has 0 aliphatic heterocycles. The van der Waals surface area contributed by atoms with Crippen molar-refractivity contribution in [2.75, 3.05) is 9.80 Å². The molecule has 0 saturated carbocycles. The maximum absolute atomic E-state index is 6.97. The molecule has 17 rings (SSSR count). The van der Waals surface area contributed by atoms with Crippen molar-refractivity contribution in [3.05, 3.63) is 255 Å². The van der Waals surface area contributed by atoms with E-state index in [-0.39, 0.29) is 0 Å². The van der Waals surface area contributed by atoms with Gasteiger partial charge in [-0.3, -0.25) is 0 Å². The van der Waals surface area contributed by atoms with Crippen LogP contribution in [0.1, 0.15) is 0 Å². The normalized spacial score (nSPS) is 12.1. The molecule has 17 aromatic rings. The second kappa shape index (κ2) is 17.3.